The van der Waals surface area contributed by atoms with Crippen molar-refractivity contribution in [1.29, 1.82) is 0 Å². The van der Waals surface area contributed by atoms with Crippen LogP contribution in [0.25, 0.3) is 0 Å². The second kappa shape index (κ2) is 6.46. The summed E-state index contributed by atoms with van der Waals surface area (Å²) in [4.78, 5) is 7.01. The van der Waals surface area contributed by atoms with Gasteiger partial charge in [0, 0.05) is 29.9 Å². The summed E-state index contributed by atoms with van der Waals surface area (Å²) in [5.41, 5.74) is 4.24. The Morgan fingerprint density at radius 1 is 1.42 bits per heavy atom. The molecular formula is C15H26N4. The molecular weight excluding hydrogens is 236 g/mol. The summed E-state index contributed by atoms with van der Waals surface area (Å²) in [6, 6.07) is 6.29. The molecule has 0 aliphatic carbocycles. The molecule has 1 aromatic rings. The van der Waals surface area contributed by atoms with Gasteiger partial charge in [0.2, 0.25) is 0 Å². The quantitative estimate of drug-likeness (QED) is 0.605. The Morgan fingerprint density at radius 2 is 2.16 bits per heavy atom. The highest BCUT2D eigenvalue weighted by atomic mass is 15.3. The Labute approximate surface area is 116 Å². The van der Waals surface area contributed by atoms with Crippen molar-refractivity contribution in [2.24, 2.45) is 5.84 Å². The summed E-state index contributed by atoms with van der Waals surface area (Å²) in [6.07, 6.45) is 6.42. The van der Waals surface area contributed by atoms with Gasteiger partial charge in [-0.3, -0.25) is 21.2 Å². The second-order valence-electron chi connectivity index (χ2n) is 5.65. The maximum Gasteiger partial charge on any atom is 0.0447 e. The van der Waals surface area contributed by atoms with Gasteiger partial charge in [-0.15, -0.1) is 0 Å². The summed E-state index contributed by atoms with van der Waals surface area (Å²) in [7, 11) is 0. The van der Waals surface area contributed by atoms with Gasteiger partial charge in [0.15, 0.2) is 0 Å². The number of nitrogens with one attached hydrogen (secondary N) is 1. The molecule has 3 N–H and O–H groups in total. The molecule has 2 rings (SSSR count). The monoisotopic (exact) mass is 262 g/mol. The maximum absolute atomic E-state index is 5.85. The number of aromatic nitrogens is 1. The molecule has 4 heteroatoms. The molecule has 1 saturated heterocycles. The van der Waals surface area contributed by atoms with E-state index < -0.39 is 0 Å². The third kappa shape index (κ3) is 3.14. The fraction of sp³-hybridized carbons (Fsp3) is 0.667. The van der Waals surface area contributed by atoms with E-state index >= 15 is 0 Å². The molecule has 2 heterocycles. The number of hydrazine groups is 1. The van der Waals surface area contributed by atoms with Crippen LogP contribution < -0.4 is 11.3 Å². The number of hydrogen-bond donors (Lipinski definition) is 2. The third-order valence-corrected chi connectivity index (χ3v) is 4.64. The molecule has 2 unspecified atom stereocenters. The number of nitrogens with two attached hydrogens (primary N) is 1. The van der Waals surface area contributed by atoms with Crippen molar-refractivity contribution in [3.8, 4) is 0 Å². The van der Waals surface area contributed by atoms with Gasteiger partial charge in [-0.1, -0.05) is 13.0 Å². The Kier molecular flexibility index (Phi) is 4.91. The first-order chi connectivity index (χ1) is 9.20. The van der Waals surface area contributed by atoms with Gasteiger partial charge in [-0.05, 0) is 51.4 Å². The number of pyridine rings is 1. The normalized spacial score (nSPS) is 21.2. The van der Waals surface area contributed by atoms with Crippen LogP contribution in [0.15, 0.2) is 24.4 Å². The highest BCUT2D eigenvalue weighted by Crippen LogP contribution is 2.29. The Hall–Kier alpha value is -0.970. The summed E-state index contributed by atoms with van der Waals surface area (Å²) in [5.74, 6) is 5.85. The summed E-state index contributed by atoms with van der Waals surface area (Å²) in [5, 5.41) is 0. The van der Waals surface area contributed by atoms with E-state index in [2.05, 4.69) is 35.2 Å². The molecule has 0 spiro atoms. The van der Waals surface area contributed by atoms with E-state index in [1.54, 1.807) is 0 Å². The van der Waals surface area contributed by atoms with Crippen LogP contribution in [-0.2, 0) is 6.42 Å². The van der Waals surface area contributed by atoms with Gasteiger partial charge < -0.3 is 0 Å². The minimum atomic E-state index is 0.1000. The van der Waals surface area contributed by atoms with E-state index in [1.807, 2.05) is 18.3 Å². The van der Waals surface area contributed by atoms with Crippen LogP contribution in [0.5, 0.6) is 0 Å². The van der Waals surface area contributed by atoms with Crippen molar-refractivity contribution in [2.75, 3.05) is 13.1 Å². The minimum Gasteiger partial charge on any atom is -0.296 e. The molecule has 4 nitrogen and oxygen atoms in total. The molecule has 0 radical (unpaired) electrons. The fourth-order valence-electron chi connectivity index (χ4n) is 3.10. The molecule has 106 valence electrons. The van der Waals surface area contributed by atoms with Gasteiger partial charge in [0.1, 0.15) is 0 Å². The first kappa shape index (κ1) is 14.4. The Balaban J connectivity index is 2.13. The molecule has 0 bridgehead atoms. The van der Waals surface area contributed by atoms with Crippen LogP contribution in [-0.4, -0.2) is 34.6 Å². The van der Waals surface area contributed by atoms with E-state index in [0.29, 0.717) is 0 Å². The molecule has 1 aliphatic rings. The first-order valence-electron chi connectivity index (χ1n) is 7.32. The van der Waals surface area contributed by atoms with Crippen molar-refractivity contribution >= 4 is 0 Å². The number of likely N-dealkylation sites (tertiary alicyclic amines) is 1. The van der Waals surface area contributed by atoms with Crippen molar-refractivity contribution < 1.29 is 0 Å². The molecule has 1 fully saturated rings. The van der Waals surface area contributed by atoms with Crippen molar-refractivity contribution in [3.05, 3.63) is 30.1 Å². The van der Waals surface area contributed by atoms with E-state index in [-0.39, 0.29) is 11.6 Å². The summed E-state index contributed by atoms with van der Waals surface area (Å²) < 4.78 is 0. The molecule has 0 aromatic carbocycles. The van der Waals surface area contributed by atoms with Crippen LogP contribution in [0.1, 0.15) is 38.8 Å². The zero-order chi connectivity index (χ0) is 13.7. The molecule has 1 aromatic heterocycles. The van der Waals surface area contributed by atoms with Gasteiger partial charge >= 0.3 is 0 Å². The average molecular weight is 262 g/mol. The first-order valence-corrected chi connectivity index (χ1v) is 7.32. The minimum absolute atomic E-state index is 0.1000. The van der Waals surface area contributed by atoms with Crippen LogP contribution in [0.3, 0.4) is 0 Å². The van der Waals surface area contributed by atoms with Gasteiger partial charge in [0.25, 0.3) is 0 Å². The lowest BCUT2D eigenvalue weighted by molar-refractivity contribution is 0.0837. The summed E-state index contributed by atoms with van der Waals surface area (Å²) in [6.45, 7) is 6.95. The lowest BCUT2D eigenvalue weighted by atomic mass is 9.85. The van der Waals surface area contributed by atoms with Crippen molar-refractivity contribution in [3.63, 3.8) is 0 Å². The topological polar surface area (TPSA) is 54.2 Å². The van der Waals surface area contributed by atoms with Gasteiger partial charge in [-0.2, -0.15) is 0 Å². The largest absolute Gasteiger partial charge is 0.296 e. The zero-order valence-electron chi connectivity index (χ0n) is 12.1. The number of hydrogen-bond acceptors (Lipinski definition) is 4. The third-order valence-electron chi connectivity index (χ3n) is 4.64. The molecule has 0 amide bonds. The lowest BCUT2D eigenvalue weighted by Crippen LogP contribution is -2.61. The molecule has 1 aliphatic heterocycles. The van der Waals surface area contributed by atoms with Gasteiger partial charge in [0.05, 0.1) is 0 Å². The SMILES string of the molecule is CCC(C)(C(Cc1ccccn1)NN)N1CCCC1. The number of rotatable bonds is 6. The maximum atomic E-state index is 5.85. The number of nitrogens with zero attached hydrogens (tertiary/aromatic N) is 2. The molecule has 0 saturated carbocycles. The van der Waals surface area contributed by atoms with Crippen LogP contribution >= 0.6 is 0 Å². The summed E-state index contributed by atoms with van der Waals surface area (Å²) >= 11 is 0. The van der Waals surface area contributed by atoms with Crippen LogP contribution in [0, 0.1) is 0 Å². The highest BCUT2D eigenvalue weighted by molar-refractivity contribution is 5.09. The predicted molar refractivity (Wildman–Crippen MR) is 78.6 cm³/mol. The van der Waals surface area contributed by atoms with Crippen LogP contribution in [0.4, 0.5) is 0 Å². The van der Waals surface area contributed by atoms with Crippen molar-refractivity contribution in [1.82, 2.24) is 15.3 Å². The van der Waals surface area contributed by atoms with Gasteiger partial charge in [-0.25, -0.2) is 0 Å². The average Bonchev–Trinajstić information content (AvgIpc) is 3.00. The second-order valence-corrected chi connectivity index (χ2v) is 5.65. The van der Waals surface area contributed by atoms with Crippen molar-refractivity contribution in [2.45, 2.75) is 51.1 Å². The van der Waals surface area contributed by atoms with E-state index in [1.165, 1.54) is 25.9 Å². The van der Waals surface area contributed by atoms with E-state index in [0.717, 1.165) is 18.5 Å². The Morgan fingerprint density at radius 3 is 2.68 bits per heavy atom. The van der Waals surface area contributed by atoms with Crippen LogP contribution in [0.2, 0.25) is 0 Å². The fourth-order valence-corrected chi connectivity index (χ4v) is 3.10. The highest BCUT2D eigenvalue weighted by Gasteiger charge is 2.39. The van der Waals surface area contributed by atoms with E-state index in [4.69, 9.17) is 5.84 Å². The van der Waals surface area contributed by atoms with E-state index in [9.17, 15) is 0 Å². The standard InChI is InChI=1S/C15H26N4/c1-3-15(2,19-10-6-7-11-19)14(18-16)12-13-8-4-5-9-17-13/h4-5,8-9,14,18H,3,6-7,10-12,16H2,1-2H3. The smallest absolute Gasteiger partial charge is 0.0447 e. The predicted octanol–water partition coefficient (Wildman–Crippen LogP) is 1.72. The molecule has 19 heavy (non-hydrogen) atoms. The lowest BCUT2D eigenvalue weighted by Gasteiger charge is -2.44. The zero-order valence-corrected chi connectivity index (χ0v) is 12.1. The Bertz CT molecular complexity index is 375. The molecule has 2 atom stereocenters.